The van der Waals surface area contributed by atoms with Crippen LogP contribution >= 0.6 is 0 Å². The molecule has 0 aromatic heterocycles. The number of quaternary nitrogens is 1. The maximum Gasteiger partial charge on any atom is 0.490 e. The van der Waals surface area contributed by atoms with Crippen molar-refractivity contribution < 1.29 is 79.1 Å². The van der Waals surface area contributed by atoms with Gasteiger partial charge in [0.1, 0.15) is 18.5 Å². The van der Waals surface area contributed by atoms with Crippen LogP contribution in [0.25, 0.3) is 0 Å². The first-order valence-corrected chi connectivity index (χ1v) is 7.03. The molecule has 2 heterocycles. The molecule has 2 aliphatic heterocycles. The molecule has 0 amide bonds. The van der Waals surface area contributed by atoms with Gasteiger partial charge in [-0.3, -0.25) is 4.90 Å². The van der Waals surface area contributed by atoms with Crippen LogP contribution in [0.15, 0.2) is 12.0 Å². The van der Waals surface area contributed by atoms with E-state index in [0.717, 1.165) is 13.1 Å². The molecule has 1 fully saturated rings. The van der Waals surface area contributed by atoms with E-state index in [2.05, 4.69) is 16.5 Å². The largest absolute Gasteiger partial charge is 0.542 e. The molecule has 0 aromatic rings. The average Bonchev–Trinajstić information content (AvgIpc) is 3.02. The Morgan fingerprint density at radius 1 is 0.933 bits per heavy atom. The topological polar surface area (TPSA) is 148 Å². The zero-order valence-electron chi connectivity index (χ0n) is 14.2. The third-order valence-corrected chi connectivity index (χ3v) is 2.52. The van der Waals surface area contributed by atoms with Crippen LogP contribution < -0.4 is 25.4 Å². The van der Waals surface area contributed by atoms with Crippen molar-refractivity contribution in [2.24, 2.45) is 0 Å². The number of hydrogen-bond acceptors (Lipinski definition) is 6. The molecule has 1 unspecified atom stereocenters. The Morgan fingerprint density at radius 2 is 1.30 bits per heavy atom. The van der Waals surface area contributed by atoms with Gasteiger partial charge in [-0.1, -0.05) is 0 Å². The number of carbonyl (C=O) groups excluding carboxylic acids is 2. The van der Waals surface area contributed by atoms with E-state index in [0.29, 0.717) is 0 Å². The molecule has 174 valence electrons. The van der Waals surface area contributed by atoms with Gasteiger partial charge >= 0.3 is 24.5 Å². The molecule has 30 heavy (non-hydrogen) atoms. The lowest BCUT2D eigenvalue weighted by Crippen LogP contribution is -3.12. The molecule has 18 heteroatoms. The fraction of sp³-hybridized carbons (Fsp3) is 0.500. The highest BCUT2D eigenvalue weighted by atomic mass is 19.4. The van der Waals surface area contributed by atoms with Gasteiger partial charge in [-0.25, -0.2) is 9.79 Å². The van der Waals surface area contributed by atoms with Gasteiger partial charge in [-0.15, -0.1) is 0 Å². The molecule has 0 saturated carbocycles. The number of carboxylic acid groups (broad SMARTS) is 3. The van der Waals surface area contributed by atoms with Crippen LogP contribution in [0, 0.1) is 0 Å². The van der Waals surface area contributed by atoms with E-state index in [-0.39, 0.29) is 0 Å². The maximum atomic E-state index is 10.6. The Labute approximate surface area is 160 Å². The van der Waals surface area contributed by atoms with Crippen molar-refractivity contribution in [1.29, 1.82) is 0 Å². The minimum absolute atomic E-state index is 1.11. The van der Waals surface area contributed by atoms with Crippen molar-refractivity contribution in [1.82, 2.24) is 5.32 Å². The first-order chi connectivity index (χ1) is 13.3. The minimum atomic E-state index is -5.19. The Balaban J connectivity index is 0. The van der Waals surface area contributed by atoms with Crippen LogP contribution in [0.5, 0.6) is 0 Å². The molecule has 0 aliphatic carbocycles. The highest BCUT2D eigenvalue weighted by Gasteiger charge is 2.38. The summed E-state index contributed by atoms with van der Waals surface area (Å²) in [6.45, 7) is 3.46. The summed E-state index contributed by atoms with van der Waals surface area (Å²) in [4.78, 5) is 31.1. The molecule has 1 atom stereocenters. The highest BCUT2D eigenvalue weighted by Crippen LogP contribution is 2.13. The van der Waals surface area contributed by atoms with E-state index in [1.807, 2.05) is 6.20 Å². The number of hydrogen-bond donors (Lipinski definition) is 4. The molecule has 1 saturated heterocycles. The fourth-order valence-corrected chi connectivity index (χ4v) is 1.30. The second kappa shape index (κ2) is 11.8. The minimum Gasteiger partial charge on any atom is -0.542 e. The molecule has 4 N–H and O–H groups in total. The molecular formula is C12H12F9N3O6. The van der Waals surface area contributed by atoms with Crippen LogP contribution in [-0.4, -0.2) is 67.4 Å². The normalized spacial score (nSPS) is 17.2. The van der Waals surface area contributed by atoms with E-state index in [4.69, 9.17) is 29.7 Å². The van der Waals surface area contributed by atoms with Crippen molar-refractivity contribution >= 4 is 24.1 Å². The van der Waals surface area contributed by atoms with Gasteiger partial charge in [0.05, 0.1) is 6.54 Å². The van der Waals surface area contributed by atoms with Gasteiger partial charge in [-0.05, 0) is 0 Å². The predicted molar refractivity (Wildman–Crippen MR) is 69.6 cm³/mol. The average molecular weight is 465 g/mol. The Bertz CT molecular complexity index is 598. The maximum absolute atomic E-state index is 10.6. The molecule has 0 radical (unpaired) electrons. The molecule has 2 aliphatic rings. The number of carboxylic acids is 3. The summed E-state index contributed by atoms with van der Waals surface area (Å²) < 4.78 is 94.8. The van der Waals surface area contributed by atoms with E-state index < -0.39 is 36.4 Å². The van der Waals surface area contributed by atoms with Crippen molar-refractivity contribution in [3.63, 3.8) is 0 Å². The van der Waals surface area contributed by atoms with Crippen molar-refractivity contribution in [2.75, 3.05) is 19.6 Å². The van der Waals surface area contributed by atoms with Crippen LogP contribution in [0.1, 0.15) is 0 Å². The standard InChI is InChI=1S/C6H9N3.3C2HF3O2/c1-3-9-4-2-8-6(9)5-7-1;3*3-2(4,5)1(6)7/h1,5,8H,2-4H2;3*(H,6,7). The van der Waals surface area contributed by atoms with Gasteiger partial charge in [-0.2, -0.15) is 39.5 Å². The zero-order chi connectivity index (χ0) is 24.3. The highest BCUT2D eigenvalue weighted by molar-refractivity contribution is 5.73. The summed E-state index contributed by atoms with van der Waals surface area (Å²) in [6.07, 6.45) is -11.3. The van der Waals surface area contributed by atoms with E-state index in [9.17, 15) is 39.5 Å². The lowest BCUT2D eigenvalue weighted by atomic mass is 10.5. The quantitative estimate of drug-likeness (QED) is 0.265. The Morgan fingerprint density at radius 3 is 1.57 bits per heavy atom. The number of aliphatic carboxylic acids is 3. The zero-order valence-corrected chi connectivity index (χ0v) is 14.2. The number of fused-ring (bicyclic) bond motifs is 1. The number of alkyl halides is 9. The second-order valence-corrected chi connectivity index (χ2v) is 4.79. The molecule has 0 bridgehead atoms. The summed E-state index contributed by atoms with van der Waals surface area (Å²) in [6, 6.07) is 0. The SMILES string of the molecule is C1=[NH+]C=C2NCC[NH+]2C1.O=C(O)C(F)(F)F.O=C([O-])C(F)(F)F.O=C([O-])C(F)(F)F. The third-order valence-electron chi connectivity index (χ3n) is 2.52. The molecule has 0 aromatic carbocycles. The van der Waals surface area contributed by atoms with Crippen LogP contribution in [0.2, 0.25) is 0 Å². The lowest BCUT2D eigenvalue weighted by molar-refractivity contribution is -0.848. The third kappa shape index (κ3) is 14.0. The number of nitrogens with one attached hydrogen (secondary N) is 3. The Hall–Kier alpha value is -3.05. The summed E-state index contributed by atoms with van der Waals surface area (Å²) in [5.41, 5.74) is 0. The fourth-order valence-electron chi connectivity index (χ4n) is 1.30. The van der Waals surface area contributed by atoms with Crippen molar-refractivity contribution in [3.05, 3.63) is 12.0 Å². The van der Waals surface area contributed by atoms with Gasteiger partial charge < -0.3 is 30.2 Å². The summed E-state index contributed by atoms with van der Waals surface area (Å²) in [5, 5.41) is 28.0. The van der Waals surface area contributed by atoms with Crippen molar-refractivity contribution in [3.8, 4) is 0 Å². The van der Waals surface area contributed by atoms with Crippen molar-refractivity contribution in [2.45, 2.75) is 18.5 Å². The van der Waals surface area contributed by atoms with Gasteiger partial charge in [0, 0.05) is 0 Å². The van der Waals surface area contributed by atoms with E-state index in [1.165, 1.54) is 12.4 Å². The van der Waals surface area contributed by atoms with Gasteiger partial charge in [0.25, 0.3) is 5.82 Å². The summed E-state index contributed by atoms with van der Waals surface area (Å²) in [5.74, 6) is -7.45. The van der Waals surface area contributed by atoms with Gasteiger partial charge in [0.15, 0.2) is 12.8 Å². The number of rotatable bonds is 0. The number of carbonyl (C=O) groups is 3. The van der Waals surface area contributed by atoms with Crippen LogP contribution in [0.4, 0.5) is 39.5 Å². The summed E-state index contributed by atoms with van der Waals surface area (Å²) in [7, 11) is 0. The first-order valence-electron chi connectivity index (χ1n) is 7.03. The lowest BCUT2D eigenvalue weighted by Gasteiger charge is -2.07. The monoisotopic (exact) mass is 465 g/mol. The van der Waals surface area contributed by atoms with Gasteiger partial charge in [0.2, 0.25) is 6.20 Å². The van der Waals surface area contributed by atoms with E-state index >= 15 is 0 Å². The smallest absolute Gasteiger partial charge is 0.490 e. The molecular weight excluding hydrogens is 453 g/mol. The second-order valence-electron chi connectivity index (χ2n) is 4.79. The predicted octanol–water partition coefficient (Wildman–Crippen LogP) is -4.33. The first kappa shape index (κ1) is 29.2. The molecule has 2 rings (SSSR count). The van der Waals surface area contributed by atoms with Crippen LogP contribution in [0.3, 0.4) is 0 Å². The van der Waals surface area contributed by atoms with E-state index in [1.54, 1.807) is 4.90 Å². The number of halogens is 9. The molecule has 0 spiro atoms. The van der Waals surface area contributed by atoms with Crippen LogP contribution in [-0.2, 0) is 14.4 Å². The molecule has 9 nitrogen and oxygen atoms in total. The Kier molecular flexibility index (Phi) is 11.5. The summed E-state index contributed by atoms with van der Waals surface area (Å²) >= 11 is 0.